The normalized spacial score (nSPS) is 12.9. The Bertz CT molecular complexity index is 756. The van der Waals surface area contributed by atoms with Crippen LogP contribution in [0.2, 0.25) is 0 Å². The number of hydrogen-bond acceptors (Lipinski definition) is 2. The Labute approximate surface area is 150 Å². The number of rotatable bonds is 6. The molecule has 1 unspecified atom stereocenters. The predicted molar refractivity (Wildman–Crippen MR) is 101 cm³/mol. The first-order valence-corrected chi connectivity index (χ1v) is 8.76. The summed E-state index contributed by atoms with van der Waals surface area (Å²) >= 11 is 0. The SMILES string of the molecule is CC(C)(C)c1ccc(COC(Cc2ncc[nH]2)c2ccccc2)cc1. The minimum Gasteiger partial charge on any atom is -0.368 e. The molecule has 0 aliphatic carbocycles. The van der Waals surface area contributed by atoms with Gasteiger partial charge in [-0.05, 0) is 22.1 Å². The van der Waals surface area contributed by atoms with Crippen molar-refractivity contribution in [1.82, 2.24) is 9.97 Å². The van der Waals surface area contributed by atoms with Gasteiger partial charge in [0.1, 0.15) is 5.82 Å². The van der Waals surface area contributed by atoms with Crippen molar-refractivity contribution in [2.75, 3.05) is 0 Å². The van der Waals surface area contributed by atoms with Crippen LogP contribution in [0.25, 0.3) is 0 Å². The first kappa shape index (κ1) is 17.4. The lowest BCUT2D eigenvalue weighted by atomic mass is 9.87. The van der Waals surface area contributed by atoms with Gasteiger partial charge in [-0.15, -0.1) is 0 Å². The largest absolute Gasteiger partial charge is 0.368 e. The number of hydrogen-bond donors (Lipinski definition) is 1. The fourth-order valence-corrected chi connectivity index (χ4v) is 2.82. The summed E-state index contributed by atoms with van der Waals surface area (Å²) in [5, 5.41) is 0. The van der Waals surface area contributed by atoms with Gasteiger partial charge in [-0.1, -0.05) is 75.4 Å². The zero-order valence-corrected chi connectivity index (χ0v) is 15.2. The molecule has 3 aromatic rings. The minimum absolute atomic E-state index is 0.0188. The van der Waals surface area contributed by atoms with E-state index in [4.69, 9.17) is 4.74 Å². The maximum atomic E-state index is 6.25. The molecule has 0 amide bonds. The number of benzene rings is 2. The molecule has 0 bridgehead atoms. The van der Waals surface area contributed by atoms with Crippen LogP contribution in [-0.4, -0.2) is 9.97 Å². The van der Waals surface area contributed by atoms with E-state index in [1.54, 1.807) is 6.20 Å². The van der Waals surface area contributed by atoms with E-state index >= 15 is 0 Å². The van der Waals surface area contributed by atoms with Gasteiger partial charge in [-0.25, -0.2) is 4.98 Å². The molecule has 25 heavy (non-hydrogen) atoms. The second kappa shape index (κ2) is 7.66. The standard InChI is InChI=1S/C22H26N2O/c1-22(2,3)19-11-9-17(10-12-19)16-25-20(15-21-23-13-14-24-21)18-7-5-4-6-8-18/h4-14,20H,15-16H2,1-3H3,(H,23,24). The summed E-state index contributed by atoms with van der Waals surface area (Å²) < 4.78 is 6.25. The highest BCUT2D eigenvalue weighted by Gasteiger charge is 2.16. The fourth-order valence-electron chi connectivity index (χ4n) is 2.82. The lowest BCUT2D eigenvalue weighted by Crippen LogP contribution is -2.11. The Morgan fingerprint density at radius 2 is 1.72 bits per heavy atom. The summed E-state index contributed by atoms with van der Waals surface area (Å²) in [5.41, 5.74) is 3.87. The van der Waals surface area contributed by atoms with E-state index in [9.17, 15) is 0 Å². The van der Waals surface area contributed by atoms with E-state index in [0.29, 0.717) is 6.61 Å². The molecule has 3 nitrogen and oxygen atoms in total. The Balaban J connectivity index is 1.70. The van der Waals surface area contributed by atoms with Crippen LogP contribution < -0.4 is 0 Å². The lowest BCUT2D eigenvalue weighted by Gasteiger charge is -2.20. The maximum Gasteiger partial charge on any atom is 0.108 e. The summed E-state index contributed by atoms with van der Waals surface area (Å²) in [6.07, 6.45) is 4.34. The van der Waals surface area contributed by atoms with Crippen molar-refractivity contribution in [1.29, 1.82) is 0 Å². The van der Waals surface area contributed by atoms with Gasteiger partial charge >= 0.3 is 0 Å². The van der Waals surface area contributed by atoms with Gasteiger partial charge in [-0.3, -0.25) is 0 Å². The van der Waals surface area contributed by atoms with Crippen LogP contribution in [0.1, 0.15) is 49.4 Å². The Kier molecular flexibility index (Phi) is 5.34. The summed E-state index contributed by atoms with van der Waals surface area (Å²) in [6, 6.07) is 19.1. The number of ether oxygens (including phenoxy) is 1. The molecule has 0 saturated heterocycles. The van der Waals surface area contributed by atoms with E-state index in [1.165, 1.54) is 16.7 Å². The van der Waals surface area contributed by atoms with Gasteiger partial charge in [0, 0.05) is 18.8 Å². The molecule has 0 spiro atoms. The third kappa shape index (κ3) is 4.80. The van der Waals surface area contributed by atoms with Gasteiger partial charge in [0.15, 0.2) is 0 Å². The van der Waals surface area contributed by atoms with Gasteiger partial charge in [0.25, 0.3) is 0 Å². The smallest absolute Gasteiger partial charge is 0.108 e. The first-order valence-electron chi connectivity index (χ1n) is 8.76. The second-order valence-electron chi connectivity index (χ2n) is 7.40. The van der Waals surface area contributed by atoms with Crippen LogP contribution in [-0.2, 0) is 23.2 Å². The quantitative estimate of drug-likeness (QED) is 0.672. The molecule has 1 heterocycles. The summed E-state index contributed by atoms with van der Waals surface area (Å²) in [4.78, 5) is 7.51. The van der Waals surface area contributed by atoms with Crippen molar-refractivity contribution in [2.45, 2.75) is 45.3 Å². The van der Waals surface area contributed by atoms with Crippen LogP contribution in [0.5, 0.6) is 0 Å². The van der Waals surface area contributed by atoms with Crippen LogP contribution in [0.3, 0.4) is 0 Å². The van der Waals surface area contributed by atoms with Crippen LogP contribution in [0, 0.1) is 0 Å². The molecule has 1 aromatic heterocycles. The van der Waals surface area contributed by atoms with Gasteiger partial charge < -0.3 is 9.72 Å². The molecule has 2 aromatic carbocycles. The number of imidazole rings is 1. The molecule has 0 fully saturated rings. The number of nitrogens with one attached hydrogen (secondary N) is 1. The van der Waals surface area contributed by atoms with Gasteiger partial charge in [0.05, 0.1) is 12.7 Å². The highest BCUT2D eigenvalue weighted by Crippen LogP contribution is 2.25. The average molecular weight is 334 g/mol. The Morgan fingerprint density at radius 3 is 2.32 bits per heavy atom. The van der Waals surface area contributed by atoms with Gasteiger partial charge in [-0.2, -0.15) is 0 Å². The Morgan fingerprint density at radius 1 is 1.00 bits per heavy atom. The highest BCUT2D eigenvalue weighted by molar-refractivity contribution is 5.27. The third-order valence-electron chi connectivity index (χ3n) is 4.38. The first-order chi connectivity index (χ1) is 12.0. The van der Waals surface area contributed by atoms with Crippen molar-refractivity contribution in [2.24, 2.45) is 0 Å². The molecule has 3 heteroatoms. The van der Waals surface area contributed by atoms with Crippen LogP contribution in [0.15, 0.2) is 67.0 Å². The molecular weight excluding hydrogens is 308 g/mol. The van der Waals surface area contributed by atoms with Crippen molar-refractivity contribution < 1.29 is 4.74 Å². The highest BCUT2D eigenvalue weighted by atomic mass is 16.5. The Hall–Kier alpha value is -2.39. The van der Waals surface area contributed by atoms with Gasteiger partial charge in [0.2, 0.25) is 0 Å². The van der Waals surface area contributed by atoms with Crippen molar-refractivity contribution in [3.63, 3.8) is 0 Å². The number of aromatic nitrogens is 2. The molecule has 3 rings (SSSR count). The third-order valence-corrected chi connectivity index (χ3v) is 4.38. The zero-order valence-electron chi connectivity index (χ0n) is 15.2. The predicted octanol–water partition coefficient (Wildman–Crippen LogP) is 5.21. The van der Waals surface area contributed by atoms with E-state index in [2.05, 4.69) is 67.1 Å². The van der Waals surface area contributed by atoms with Crippen LogP contribution in [0.4, 0.5) is 0 Å². The van der Waals surface area contributed by atoms with E-state index in [0.717, 1.165) is 12.2 Å². The molecular formula is C22H26N2O. The summed E-state index contributed by atoms with van der Waals surface area (Å²) in [7, 11) is 0. The molecule has 130 valence electrons. The topological polar surface area (TPSA) is 37.9 Å². The molecule has 1 N–H and O–H groups in total. The molecule has 1 atom stereocenters. The minimum atomic E-state index is -0.0188. The maximum absolute atomic E-state index is 6.25. The van der Waals surface area contributed by atoms with Crippen LogP contribution >= 0.6 is 0 Å². The molecule has 0 saturated carbocycles. The van der Waals surface area contributed by atoms with Crippen molar-refractivity contribution >= 4 is 0 Å². The average Bonchev–Trinajstić information content (AvgIpc) is 3.12. The van der Waals surface area contributed by atoms with E-state index < -0.39 is 0 Å². The number of H-pyrrole nitrogens is 1. The van der Waals surface area contributed by atoms with E-state index in [-0.39, 0.29) is 11.5 Å². The van der Waals surface area contributed by atoms with Crippen molar-refractivity contribution in [3.8, 4) is 0 Å². The zero-order chi connectivity index (χ0) is 17.7. The monoisotopic (exact) mass is 334 g/mol. The molecule has 0 radical (unpaired) electrons. The lowest BCUT2D eigenvalue weighted by molar-refractivity contribution is 0.0387. The fraction of sp³-hybridized carbons (Fsp3) is 0.318. The second-order valence-corrected chi connectivity index (χ2v) is 7.40. The molecule has 0 aliphatic heterocycles. The van der Waals surface area contributed by atoms with Crippen molar-refractivity contribution in [3.05, 3.63) is 89.5 Å². The van der Waals surface area contributed by atoms with E-state index in [1.807, 2.05) is 24.4 Å². The number of aromatic amines is 1. The number of nitrogens with zero attached hydrogens (tertiary/aromatic N) is 1. The summed E-state index contributed by atoms with van der Waals surface area (Å²) in [6.45, 7) is 7.28. The summed E-state index contributed by atoms with van der Waals surface area (Å²) in [5.74, 6) is 0.942. The molecule has 0 aliphatic rings.